The second-order valence-corrected chi connectivity index (χ2v) is 12.7. The predicted molar refractivity (Wildman–Crippen MR) is 146 cm³/mol. The first-order valence-corrected chi connectivity index (χ1v) is 14.8. The third-order valence-corrected chi connectivity index (χ3v) is 10.1. The third kappa shape index (κ3) is 7.89. The standard InChI is InChI=1S/C27H46N4O5S/c1-21-17-25(35-6)18-22(2)27(21)37(33,34)30(5)15-16-36-20-26(32)29(4)19-23-7-9-24(10-8-23)31-13-11-28(3)12-14-31/h17-18,23-24H,7-16,19-20H2,1-6H3/t23-,24-. The summed E-state index contributed by atoms with van der Waals surface area (Å²) in [5.74, 6) is 1.10. The number of benzene rings is 1. The van der Waals surface area contributed by atoms with E-state index in [1.807, 2.05) is 7.05 Å². The molecule has 37 heavy (non-hydrogen) atoms. The van der Waals surface area contributed by atoms with Crippen molar-refractivity contribution in [2.45, 2.75) is 50.5 Å². The molecule has 1 saturated heterocycles. The van der Waals surface area contributed by atoms with Crippen LogP contribution in [-0.4, -0.2) is 120 Å². The molecule has 1 amide bonds. The number of hydrogen-bond donors (Lipinski definition) is 0. The summed E-state index contributed by atoms with van der Waals surface area (Å²) in [7, 11) is 3.44. The molecule has 210 valence electrons. The van der Waals surface area contributed by atoms with Crippen LogP contribution in [-0.2, 0) is 19.6 Å². The van der Waals surface area contributed by atoms with E-state index >= 15 is 0 Å². The van der Waals surface area contributed by atoms with Gasteiger partial charge in [-0.05, 0) is 75.8 Å². The fraction of sp³-hybridized carbons (Fsp3) is 0.741. The number of carbonyl (C=O) groups is 1. The van der Waals surface area contributed by atoms with Crippen LogP contribution >= 0.6 is 0 Å². The van der Waals surface area contributed by atoms with Gasteiger partial charge in [0.15, 0.2) is 0 Å². The summed E-state index contributed by atoms with van der Waals surface area (Å²) >= 11 is 0. The number of carbonyl (C=O) groups excluding carboxylic acids is 1. The van der Waals surface area contributed by atoms with E-state index in [-0.39, 0.29) is 30.6 Å². The molecule has 1 saturated carbocycles. The van der Waals surface area contributed by atoms with Crippen molar-refractivity contribution in [3.8, 4) is 5.75 Å². The number of nitrogens with zero attached hydrogens (tertiary/aromatic N) is 4. The monoisotopic (exact) mass is 538 g/mol. The Balaban J connectivity index is 1.38. The summed E-state index contributed by atoms with van der Waals surface area (Å²) in [6.07, 6.45) is 4.73. The Morgan fingerprint density at radius 3 is 2.19 bits per heavy atom. The summed E-state index contributed by atoms with van der Waals surface area (Å²) in [6, 6.07) is 4.13. The summed E-state index contributed by atoms with van der Waals surface area (Å²) < 4.78 is 38.3. The molecule has 1 aromatic rings. The summed E-state index contributed by atoms with van der Waals surface area (Å²) in [6.45, 7) is 9.19. The first-order chi connectivity index (χ1) is 17.5. The molecule has 0 atom stereocenters. The predicted octanol–water partition coefficient (Wildman–Crippen LogP) is 2.21. The zero-order chi connectivity index (χ0) is 27.2. The lowest BCUT2D eigenvalue weighted by Crippen LogP contribution is -2.50. The SMILES string of the molecule is COc1cc(C)c(S(=O)(=O)N(C)CCOCC(=O)N(C)C[C@H]2CC[C@H](N3CCN(C)CC3)CC2)c(C)c1. The van der Waals surface area contributed by atoms with Crippen molar-refractivity contribution in [1.82, 2.24) is 19.0 Å². The Morgan fingerprint density at radius 2 is 1.62 bits per heavy atom. The second kappa shape index (κ2) is 13.4. The molecule has 9 nitrogen and oxygen atoms in total. The lowest BCUT2D eigenvalue weighted by molar-refractivity contribution is -0.135. The number of aryl methyl sites for hydroxylation is 2. The molecule has 0 bridgehead atoms. The Hall–Kier alpha value is -1.72. The minimum Gasteiger partial charge on any atom is -0.497 e. The smallest absolute Gasteiger partial charge is 0.248 e. The number of piperazine rings is 1. The van der Waals surface area contributed by atoms with E-state index in [1.165, 1.54) is 24.2 Å². The van der Waals surface area contributed by atoms with Crippen LogP contribution in [0.4, 0.5) is 0 Å². The van der Waals surface area contributed by atoms with Crippen LogP contribution in [0.1, 0.15) is 36.8 Å². The average Bonchev–Trinajstić information content (AvgIpc) is 2.86. The van der Waals surface area contributed by atoms with E-state index in [2.05, 4.69) is 16.8 Å². The van der Waals surface area contributed by atoms with Gasteiger partial charge in [0, 0.05) is 59.4 Å². The average molecular weight is 539 g/mol. The highest BCUT2D eigenvalue weighted by atomic mass is 32.2. The van der Waals surface area contributed by atoms with Gasteiger partial charge in [-0.3, -0.25) is 9.69 Å². The highest BCUT2D eigenvalue weighted by Crippen LogP contribution is 2.29. The Bertz CT molecular complexity index is 979. The molecule has 2 aliphatic rings. The van der Waals surface area contributed by atoms with Crippen LogP contribution in [0.2, 0.25) is 0 Å². The maximum absolute atomic E-state index is 13.1. The second-order valence-electron chi connectivity index (χ2n) is 10.8. The van der Waals surface area contributed by atoms with Crippen LogP contribution in [0, 0.1) is 19.8 Å². The van der Waals surface area contributed by atoms with Gasteiger partial charge in [0.2, 0.25) is 15.9 Å². The number of ether oxygens (including phenoxy) is 2. The zero-order valence-electron chi connectivity index (χ0n) is 23.5. The van der Waals surface area contributed by atoms with Crippen molar-refractivity contribution in [2.24, 2.45) is 5.92 Å². The Morgan fingerprint density at radius 1 is 1.03 bits per heavy atom. The largest absolute Gasteiger partial charge is 0.497 e. The van der Waals surface area contributed by atoms with E-state index in [9.17, 15) is 13.2 Å². The minimum absolute atomic E-state index is 0.0401. The number of methoxy groups -OCH3 is 1. The van der Waals surface area contributed by atoms with Gasteiger partial charge >= 0.3 is 0 Å². The first-order valence-electron chi connectivity index (χ1n) is 13.4. The highest BCUT2D eigenvalue weighted by Gasteiger charge is 2.29. The molecular weight excluding hydrogens is 492 g/mol. The number of amides is 1. The van der Waals surface area contributed by atoms with Gasteiger partial charge in [-0.2, -0.15) is 4.31 Å². The van der Waals surface area contributed by atoms with E-state index < -0.39 is 10.0 Å². The maximum atomic E-state index is 13.1. The molecule has 1 aliphatic heterocycles. The van der Waals surface area contributed by atoms with Gasteiger partial charge in [0.1, 0.15) is 12.4 Å². The van der Waals surface area contributed by atoms with Crippen LogP contribution in [0.3, 0.4) is 0 Å². The fourth-order valence-electron chi connectivity index (χ4n) is 5.54. The molecule has 0 radical (unpaired) electrons. The molecule has 3 rings (SSSR count). The zero-order valence-corrected chi connectivity index (χ0v) is 24.3. The Labute approximate surface area is 223 Å². The lowest BCUT2D eigenvalue weighted by Gasteiger charge is -2.41. The summed E-state index contributed by atoms with van der Waals surface area (Å²) in [5.41, 5.74) is 1.28. The molecule has 1 heterocycles. The summed E-state index contributed by atoms with van der Waals surface area (Å²) in [5, 5.41) is 0. The lowest BCUT2D eigenvalue weighted by atomic mass is 9.84. The van der Waals surface area contributed by atoms with Gasteiger partial charge in [0.05, 0.1) is 18.6 Å². The normalized spacial score (nSPS) is 21.8. The van der Waals surface area contributed by atoms with Crippen molar-refractivity contribution >= 4 is 15.9 Å². The van der Waals surface area contributed by atoms with E-state index in [0.717, 1.165) is 45.6 Å². The van der Waals surface area contributed by atoms with Crippen LogP contribution in [0.15, 0.2) is 17.0 Å². The van der Waals surface area contributed by atoms with Crippen molar-refractivity contribution in [2.75, 3.05) is 80.7 Å². The van der Waals surface area contributed by atoms with Gasteiger partial charge in [0.25, 0.3) is 0 Å². The molecule has 1 aromatic carbocycles. The molecule has 1 aliphatic carbocycles. The van der Waals surface area contributed by atoms with Crippen LogP contribution in [0.5, 0.6) is 5.75 Å². The fourth-order valence-corrected chi connectivity index (χ4v) is 7.10. The molecule has 0 spiro atoms. The number of rotatable bonds is 11. The first kappa shape index (κ1) is 29.8. The quantitative estimate of drug-likeness (QED) is 0.400. The van der Waals surface area contributed by atoms with Crippen molar-refractivity contribution in [3.63, 3.8) is 0 Å². The van der Waals surface area contributed by atoms with Gasteiger partial charge in [-0.25, -0.2) is 8.42 Å². The molecule has 0 unspecified atom stereocenters. The number of sulfonamides is 1. The maximum Gasteiger partial charge on any atom is 0.248 e. The van der Waals surface area contributed by atoms with Crippen LogP contribution in [0.25, 0.3) is 0 Å². The van der Waals surface area contributed by atoms with Gasteiger partial charge in [-0.15, -0.1) is 0 Å². The highest BCUT2D eigenvalue weighted by molar-refractivity contribution is 7.89. The van der Waals surface area contributed by atoms with Gasteiger partial charge < -0.3 is 19.3 Å². The third-order valence-electron chi connectivity index (χ3n) is 7.94. The molecule has 2 fully saturated rings. The number of hydrogen-bond acceptors (Lipinski definition) is 7. The molecule has 0 N–H and O–H groups in total. The van der Waals surface area contributed by atoms with E-state index in [4.69, 9.17) is 9.47 Å². The van der Waals surface area contributed by atoms with E-state index in [0.29, 0.717) is 28.8 Å². The molecule has 10 heteroatoms. The van der Waals surface area contributed by atoms with E-state index in [1.54, 1.807) is 38.0 Å². The topological polar surface area (TPSA) is 82.6 Å². The van der Waals surface area contributed by atoms with Crippen molar-refractivity contribution in [3.05, 3.63) is 23.3 Å². The molecule has 0 aromatic heterocycles. The number of likely N-dealkylation sites (N-methyl/N-ethyl adjacent to an activating group) is 3. The molecular formula is C27H46N4O5S. The van der Waals surface area contributed by atoms with Gasteiger partial charge in [-0.1, -0.05) is 0 Å². The minimum atomic E-state index is -3.68. The van der Waals surface area contributed by atoms with Crippen molar-refractivity contribution < 1.29 is 22.7 Å². The Kier molecular flexibility index (Phi) is 10.8. The summed E-state index contributed by atoms with van der Waals surface area (Å²) in [4.78, 5) is 19.7. The van der Waals surface area contributed by atoms with Crippen LogP contribution < -0.4 is 4.74 Å². The van der Waals surface area contributed by atoms with Crippen molar-refractivity contribution in [1.29, 1.82) is 0 Å².